The number of hydrogen-bond donors (Lipinski definition) is 0. The summed E-state index contributed by atoms with van der Waals surface area (Å²) in [5, 5.41) is 0. The van der Waals surface area contributed by atoms with Crippen LogP contribution in [0, 0.1) is 5.92 Å². The molecule has 2 heteroatoms. The number of nitrogens with zero attached hydrogens (tertiary/aromatic N) is 1. The van der Waals surface area contributed by atoms with Gasteiger partial charge in [0.2, 0.25) is 0 Å². The fourth-order valence-electron chi connectivity index (χ4n) is 2.05. The van der Waals surface area contributed by atoms with Crippen molar-refractivity contribution in [3.63, 3.8) is 0 Å². The predicted molar refractivity (Wildman–Crippen MR) is 76.5 cm³/mol. The molecule has 0 heterocycles. The molecule has 0 spiro atoms. The molecule has 0 aliphatic rings. The molecule has 1 nitrogen and oxygen atoms in total. The first kappa shape index (κ1) is 14.5. The third-order valence-electron chi connectivity index (χ3n) is 3.64. The van der Waals surface area contributed by atoms with Gasteiger partial charge in [0.05, 0.1) is 0 Å². The molecule has 2 unspecified atom stereocenters. The summed E-state index contributed by atoms with van der Waals surface area (Å²) in [5.41, 5.74) is 1.37. The molecule has 0 fully saturated rings. The van der Waals surface area contributed by atoms with Gasteiger partial charge in [0, 0.05) is 25.0 Å². The molecule has 0 saturated carbocycles. The Morgan fingerprint density at radius 1 is 1.18 bits per heavy atom. The van der Waals surface area contributed by atoms with Crippen molar-refractivity contribution in [1.82, 2.24) is 4.90 Å². The first-order chi connectivity index (χ1) is 8.19. The minimum absolute atomic E-state index is 0.582. The van der Waals surface area contributed by atoms with Gasteiger partial charge in [-0.15, -0.1) is 11.6 Å². The Labute approximate surface area is 111 Å². The molecule has 0 bridgehead atoms. The summed E-state index contributed by atoms with van der Waals surface area (Å²) >= 11 is 5.91. The van der Waals surface area contributed by atoms with Crippen molar-refractivity contribution in [3.05, 3.63) is 35.9 Å². The Balaban J connectivity index is 2.66. The lowest BCUT2D eigenvalue weighted by molar-refractivity contribution is 0.160. The van der Waals surface area contributed by atoms with Crippen LogP contribution in [0.5, 0.6) is 0 Å². The van der Waals surface area contributed by atoms with Crippen LogP contribution in [0.1, 0.15) is 32.8 Å². The van der Waals surface area contributed by atoms with Crippen LogP contribution in [-0.4, -0.2) is 23.4 Å². The third-order valence-corrected chi connectivity index (χ3v) is 3.81. The maximum Gasteiger partial charge on any atom is 0.0351 e. The quantitative estimate of drug-likeness (QED) is 0.660. The van der Waals surface area contributed by atoms with Crippen LogP contribution in [0.15, 0.2) is 30.3 Å². The Morgan fingerprint density at radius 2 is 1.82 bits per heavy atom. The fourth-order valence-corrected chi connectivity index (χ4v) is 2.27. The van der Waals surface area contributed by atoms with Crippen LogP contribution in [0.3, 0.4) is 0 Å². The Hall–Kier alpha value is -0.530. The maximum atomic E-state index is 5.91. The summed E-state index contributed by atoms with van der Waals surface area (Å²) in [5.74, 6) is 1.41. The molecule has 1 rings (SSSR count). The van der Waals surface area contributed by atoms with E-state index in [0.717, 1.165) is 13.1 Å². The molecule has 17 heavy (non-hydrogen) atoms. The second-order valence-corrected chi connectivity index (χ2v) is 5.15. The van der Waals surface area contributed by atoms with Gasteiger partial charge in [0.25, 0.3) is 0 Å². The Bertz CT molecular complexity index is 299. The summed E-state index contributed by atoms with van der Waals surface area (Å²) in [6, 6.07) is 11.2. The topological polar surface area (TPSA) is 3.24 Å². The molecule has 0 aromatic heterocycles. The minimum Gasteiger partial charge on any atom is -0.295 e. The summed E-state index contributed by atoms with van der Waals surface area (Å²) in [4.78, 5) is 2.48. The number of halogens is 1. The third kappa shape index (κ3) is 4.69. The highest BCUT2D eigenvalue weighted by Gasteiger charge is 2.18. The normalized spacial score (nSPS) is 14.9. The van der Waals surface area contributed by atoms with E-state index in [2.05, 4.69) is 56.0 Å². The molecular weight excluding hydrogens is 230 g/mol. The van der Waals surface area contributed by atoms with Gasteiger partial charge in [-0.3, -0.25) is 4.90 Å². The molecule has 2 atom stereocenters. The van der Waals surface area contributed by atoms with Crippen molar-refractivity contribution >= 4 is 11.6 Å². The summed E-state index contributed by atoms with van der Waals surface area (Å²) in [6.45, 7) is 8.84. The summed E-state index contributed by atoms with van der Waals surface area (Å²) < 4.78 is 0. The molecule has 0 amide bonds. The van der Waals surface area contributed by atoms with Crippen molar-refractivity contribution in [2.45, 2.75) is 39.8 Å². The highest BCUT2D eigenvalue weighted by Crippen LogP contribution is 2.17. The maximum absolute atomic E-state index is 5.91. The average molecular weight is 254 g/mol. The predicted octanol–water partition coefficient (Wildman–Crippen LogP) is 4.16. The second kappa shape index (κ2) is 7.73. The molecule has 0 aliphatic heterocycles. The fraction of sp³-hybridized carbons (Fsp3) is 0.600. The molecular formula is C15H24ClN. The second-order valence-electron chi connectivity index (χ2n) is 4.77. The molecule has 0 N–H and O–H groups in total. The number of alkyl halides is 1. The van der Waals surface area contributed by atoms with Gasteiger partial charge in [-0.1, -0.05) is 50.6 Å². The first-order valence-corrected chi connectivity index (χ1v) is 7.06. The van der Waals surface area contributed by atoms with Crippen molar-refractivity contribution in [3.8, 4) is 0 Å². The van der Waals surface area contributed by atoms with E-state index in [-0.39, 0.29) is 0 Å². The number of benzene rings is 1. The van der Waals surface area contributed by atoms with Gasteiger partial charge in [-0.2, -0.15) is 0 Å². The van der Waals surface area contributed by atoms with E-state index in [0.29, 0.717) is 17.8 Å². The monoisotopic (exact) mass is 253 g/mol. The lowest BCUT2D eigenvalue weighted by atomic mass is 9.99. The van der Waals surface area contributed by atoms with Crippen LogP contribution >= 0.6 is 11.6 Å². The van der Waals surface area contributed by atoms with Crippen molar-refractivity contribution < 1.29 is 0 Å². The zero-order chi connectivity index (χ0) is 12.7. The van der Waals surface area contributed by atoms with Gasteiger partial charge in [0.15, 0.2) is 0 Å². The van der Waals surface area contributed by atoms with Gasteiger partial charge in [-0.05, 0) is 18.4 Å². The largest absolute Gasteiger partial charge is 0.295 e. The van der Waals surface area contributed by atoms with Gasteiger partial charge in [-0.25, -0.2) is 0 Å². The highest BCUT2D eigenvalue weighted by molar-refractivity contribution is 6.18. The van der Waals surface area contributed by atoms with Crippen molar-refractivity contribution in [2.24, 2.45) is 5.92 Å². The molecule has 0 aliphatic carbocycles. The zero-order valence-electron chi connectivity index (χ0n) is 11.2. The van der Waals surface area contributed by atoms with Crippen LogP contribution in [0.25, 0.3) is 0 Å². The van der Waals surface area contributed by atoms with Crippen LogP contribution in [-0.2, 0) is 6.54 Å². The summed E-state index contributed by atoms with van der Waals surface area (Å²) in [7, 11) is 0. The van der Waals surface area contributed by atoms with Gasteiger partial charge >= 0.3 is 0 Å². The van der Waals surface area contributed by atoms with Gasteiger partial charge in [0.1, 0.15) is 0 Å². The van der Waals surface area contributed by atoms with Crippen LogP contribution in [0.4, 0.5) is 0 Å². The molecule has 96 valence electrons. The SMILES string of the molecule is CCC(C)C(C)N(CCCl)Cc1ccccc1. The van der Waals surface area contributed by atoms with E-state index in [1.807, 2.05) is 0 Å². The summed E-state index contributed by atoms with van der Waals surface area (Å²) in [6.07, 6.45) is 1.22. The first-order valence-electron chi connectivity index (χ1n) is 6.53. The molecule has 0 radical (unpaired) electrons. The Kier molecular flexibility index (Phi) is 6.61. The van der Waals surface area contributed by atoms with Crippen LogP contribution in [0.2, 0.25) is 0 Å². The zero-order valence-corrected chi connectivity index (χ0v) is 12.0. The van der Waals surface area contributed by atoms with E-state index in [4.69, 9.17) is 11.6 Å². The molecule has 0 saturated heterocycles. The standard InChI is InChI=1S/C15H24ClN/c1-4-13(2)14(3)17(11-10-16)12-15-8-6-5-7-9-15/h5-9,13-14H,4,10-12H2,1-3H3. The molecule has 1 aromatic carbocycles. The van der Waals surface area contributed by atoms with E-state index >= 15 is 0 Å². The van der Waals surface area contributed by atoms with Crippen LogP contribution < -0.4 is 0 Å². The smallest absolute Gasteiger partial charge is 0.0351 e. The average Bonchev–Trinajstić information content (AvgIpc) is 2.37. The van der Waals surface area contributed by atoms with Crippen molar-refractivity contribution in [2.75, 3.05) is 12.4 Å². The highest BCUT2D eigenvalue weighted by atomic mass is 35.5. The Morgan fingerprint density at radius 3 is 2.35 bits per heavy atom. The molecule has 1 aromatic rings. The van der Waals surface area contributed by atoms with E-state index in [9.17, 15) is 0 Å². The lowest BCUT2D eigenvalue weighted by Gasteiger charge is -2.32. The number of hydrogen-bond acceptors (Lipinski definition) is 1. The van der Waals surface area contributed by atoms with Crippen molar-refractivity contribution in [1.29, 1.82) is 0 Å². The number of rotatable bonds is 7. The van der Waals surface area contributed by atoms with E-state index < -0.39 is 0 Å². The van der Waals surface area contributed by atoms with E-state index in [1.54, 1.807) is 0 Å². The lowest BCUT2D eigenvalue weighted by Crippen LogP contribution is -2.38. The minimum atomic E-state index is 0.582. The van der Waals surface area contributed by atoms with E-state index in [1.165, 1.54) is 12.0 Å². The van der Waals surface area contributed by atoms with Gasteiger partial charge < -0.3 is 0 Å².